The van der Waals surface area contributed by atoms with Gasteiger partial charge in [-0.15, -0.1) is 0 Å². The maximum Gasteiger partial charge on any atom is 0.495 e. The van der Waals surface area contributed by atoms with Crippen molar-refractivity contribution in [3.8, 4) is 44.5 Å². The van der Waals surface area contributed by atoms with E-state index in [0.29, 0.717) is 0 Å². The van der Waals surface area contributed by atoms with E-state index in [9.17, 15) is 0 Å². The smallest absolute Gasteiger partial charge is 0.399 e. The first-order valence-electron chi connectivity index (χ1n) is 19.9. The van der Waals surface area contributed by atoms with Crippen LogP contribution in [0.15, 0.2) is 127 Å². The van der Waals surface area contributed by atoms with E-state index >= 15 is 0 Å². The lowest BCUT2D eigenvalue weighted by atomic mass is 9.72. The first-order valence-corrected chi connectivity index (χ1v) is 19.9. The Kier molecular flexibility index (Phi) is 6.48. The number of fused-ring (bicyclic) bond motifs is 6. The third-order valence-electron chi connectivity index (χ3n) is 14.1. The maximum atomic E-state index is 6.84. The highest BCUT2D eigenvalue weighted by atomic mass is 16.7. The van der Waals surface area contributed by atoms with Gasteiger partial charge in [0, 0.05) is 10.8 Å². The van der Waals surface area contributed by atoms with Crippen LogP contribution in [0.3, 0.4) is 0 Å². The average Bonchev–Trinajstić information content (AvgIpc) is 3.65. The van der Waals surface area contributed by atoms with Gasteiger partial charge in [0.1, 0.15) is 0 Å². The van der Waals surface area contributed by atoms with Crippen LogP contribution in [0.4, 0.5) is 0 Å². The highest BCUT2D eigenvalue weighted by molar-refractivity contribution is 6.66. The first-order chi connectivity index (χ1) is 26.3. The summed E-state index contributed by atoms with van der Waals surface area (Å²) in [5, 5.41) is 7.52. The minimum atomic E-state index is -0.497. The van der Waals surface area contributed by atoms with Gasteiger partial charge in [-0.3, -0.25) is 0 Å². The summed E-state index contributed by atoms with van der Waals surface area (Å²) in [7, 11) is -0.497. The Morgan fingerprint density at radius 1 is 0.382 bits per heavy atom. The normalized spacial score (nSPS) is 18.2. The van der Waals surface area contributed by atoms with E-state index in [0.717, 1.165) is 5.46 Å². The molecule has 268 valence electrons. The zero-order valence-electron chi connectivity index (χ0n) is 33.0. The number of hydrogen-bond donors (Lipinski definition) is 0. The number of rotatable bonds is 3. The molecule has 2 nitrogen and oxygen atoms in total. The Hall–Kier alpha value is -5.22. The SMILES string of the molecule is CC1(C)c2ccccc2-c2ccc(-c3ccc4ccc5c(-c6ccc7c(c6)C(C)(C)c6ccccc6-7)cc(B6OC(C)(C)C(C)(C)O6)c6ccc3c4c65)cc21. The Balaban J connectivity index is 1.16. The Morgan fingerprint density at radius 3 is 1.44 bits per heavy atom. The second-order valence-corrected chi connectivity index (χ2v) is 18.3. The Labute approximate surface area is 324 Å². The molecule has 0 radical (unpaired) electrons. The Morgan fingerprint density at radius 2 is 0.836 bits per heavy atom. The van der Waals surface area contributed by atoms with Gasteiger partial charge in [-0.05, 0) is 144 Å². The molecule has 55 heavy (non-hydrogen) atoms. The summed E-state index contributed by atoms with van der Waals surface area (Å²) in [5.74, 6) is 0. The molecule has 8 aromatic carbocycles. The summed E-state index contributed by atoms with van der Waals surface area (Å²) >= 11 is 0. The van der Waals surface area contributed by atoms with Crippen LogP contribution in [0, 0.1) is 0 Å². The van der Waals surface area contributed by atoms with Gasteiger partial charge >= 0.3 is 7.12 Å². The monoisotopic (exact) mass is 712 g/mol. The van der Waals surface area contributed by atoms with Crippen LogP contribution in [-0.4, -0.2) is 18.3 Å². The fraction of sp³-hybridized carbons (Fsp3) is 0.231. The molecule has 0 unspecified atom stereocenters. The molecular weight excluding hydrogens is 667 g/mol. The average molecular weight is 713 g/mol. The van der Waals surface area contributed by atoms with E-state index in [2.05, 4.69) is 183 Å². The first kappa shape index (κ1) is 33.2. The highest BCUT2D eigenvalue weighted by Gasteiger charge is 2.52. The van der Waals surface area contributed by atoms with Crippen molar-refractivity contribution in [2.75, 3.05) is 0 Å². The zero-order chi connectivity index (χ0) is 37.8. The third kappa shape index (κ3) is 4.34. The summed E-state index contributed by atoms with van der Waals surface area (Å²) < 4.78 is 13.7. The number of benzene rings is 8. The van der Waals surface area contributed by atoms with Crippen LogP contribution in [0.5, 0.6) is 0 Å². The second kappa shape index (κ2) is 10.8. The minimum Gasteiger partial charge on any atom is -0.399 e. The Bertz CT molecular complexity index is 2930. The predicted molar refractivity (Wildman–Crippen MR) is 232 cm³/mol. The molecule has 1 aliphatic heterocycles. The van der Waals surface area contributed by atoms with E-state index in [-0.39, 0.29) is 10.8 Å². The molecule has 2 aliphatic carbocycles. The highest BCUT2D eigenvalue weighted by Crippen LogP contribution is 2.52. The van der Waals surface area contributed by atoms with E-state index in [1.165, 1.54) is 99.1 Å². The van der Waals surface area contributed by atoms with Crippen molar-refractivity contribution in [2.24, 2.45) is 0 Å². The molecule has 3 heteroatoms. The quantitative estimate of drug-likeness (QED) is 0.134. The van der Waals surface area contributed by atoms with E-state index in [4.69, 9.17) is 9.31 Å². The standard InChI is InChI=1S/C52H45BO2/c1-49(2)42-15-11-9-13-34(42)36-22-19-31(27-44(36)49)33-21-17-30-18-24-39-41(32-20-23-37-35-14-10-12-16-43(35)50(3,4)45(37)28-32)29-46(40-26-25-38(33)47(30)48(39)40)53-54-51(5,6)52(7,8)55-53/h9-29H,1-8H3. The summed E-state index contributed by atoms with van der Waals surface area (Å²) in [6.07, 6.45) is 0. The molecule has 0 saturated carbocycles. The van der Waals surface area contributed by atoms with Gasteiger partial charge in [-0.2, -0.15) is 0 Å². The van der Waals surface area contributed by atoms with Gasteiger partial charge in [-0.25, -0.2) is 0 Å². The van der Waals surface area contributed by atoms with Crippen LogP contribution < -0.4 is 5.46 Å². The maximum absolute atomic E-state index is 6.84. The molecule has 8 aromatic rings. The third-order valence-corrected chi connectivity index (χ3v) is 14.1. The number of hydrogen-bond acceptors (Lipinski definition) is 2. The summed E-state index contributed by atoms with van der Waals surface area (Å²) in [6.45, 7) is 18.0. The van der Waals surface area contributed by atoms with Crippen molar-refractivity contribution in [1.82, 2.24) is 0 Å². The lowest BCUT2D eigenvalue weighted by Crippen LogP contribution is -2.41. The molecule has 11 rings (SSSR count). The van der Waals surface area contributed by atoms with Crippen LogP contribution in [-0.2, 0) is 20.1 Å². The van der Waals surface area contributed by atoms with Gasteiger partial charge in [-0.1, -0.05) is 143 Å². The molecule has 1 heterocycles. The molecule has 3 aliphatic rings. The summed E-state index contributed by atoms with van der Waals surface area (Å²) in [6, 6.07) is 48.4. The van der Waals surface area contributed by atoms with Gasteiger partial charge in [0.25, 0.3) is 0 Å². The summed E-state index contributed by atoms with van der Waals surface area (Å²) in [4.78, 5) is 0. The van der Waals surface area contributed by atoms with Crippen LogP contribution >= 0.6 is 0 Å². The molecule has 1 saturated heterocycles. The fourth-order valence-corrected chi connectivity index (χ4v) is 10.3. The van der Waals surface area contributed by atoms with E-state index in [1.807, 2.05) is 0 Å². The van der Waals surface area contributed by atoms with Gasteiger partial charge in [0.05, 0.1) is 11.2 Å². The van der Waals surface area contributed by atoms with Crippen molar-refractivity contribution in [2.45, 2.75) is 77.4 Å². The van der Waals surface area contributed by atoms with Gasteiger partial charge in [0.15, 0.2) is 0 Å². The van der Waals surface area contributed by atoms with Gasteiger partial charge < -0.3 is 9.31 Å². The topological polar surface area (TPSA) is 18.5 Å². The second-order valence-electron chi connectivity index (χ2n) is 18.3. The predicted octanol–water partition coefficient (Wildman–Crippen LogP) is 12.8. The molecule has 0 atom stereocenters. The molecule has 0 aromatic heterocycles. The minimum absolute atomic E-state index is 0.0653. The van der Waals surface area contributed by atoms with E-state index in [1.54, 1.807) is 0 Å². The molecular formula is C52H45BO2. The lowest BCUT2D eigenvalue weighted by Gasteiger charge is -2.32. The van der Waals surface area contributed by atoms with Crippen LogP contribution in [0.25, 0.3) is 76.8 Å². The van der Waals surface area contributed by atoms with Crippen molar-refractivity contribution >= 4 is 44.9 Å². The fourth-order valence-electron chi connectivity index (χ4n) is 10.3. The van der Waals surface area contributed by atoms with Gasteiger partial charge in [0.2, 0.25) is 0 Å². The molecule has 0 spiro atoms. The van der Waals surface area contributed by atoms with Crippen molar-refractivity contribution in [1.29, 1.82) is 0 Å². The van der Waals surface area contributed by atoms with Crippen molar-refractivity contribution < 1.29 is 9.31 Å². The summed E-state index contributed by atoms with van der Waals surface area (Å²) in [5.41, 5.74) is 15.9. The molecule has 0 amide bonds. The van der Waals surface area contributed by atoms with Crippen LogP contribution in [0.1, 0.15) is 77.6 Å². The van der Waals surface area contributed by atoms with Crippen LogP contribution in [0.2, 0.25) is 0 Å². The molecule has 1 fully saturated rings. The zero-order valence-corrected chi connectivity index (χ0v) is 33.0. The van der Waals surface area contributed by atoms with E-state index < -0.39 is 18.3 Å². The molecule has 0 bridgehead atoms. The lowest BCUT2D eigenvalue weighted by molar-refractivity contribution is 0.00578. The van der Waals surface area contributed by atoms with Crippen molar-refractivity contribution in [3.05, 3.63) is 150 Å². The van der Waals surface area contributed by atoms with Crippen molar-refractivity contribution in [3.63, 3.8) is 0 Å². The molecule has 0 N–H and O–H groups in total. The largest absolute Gasteiger partial charge is 0.495 e.